The number of hydrogen-bond acceptors (Lipinski definition) is 6. The van der Waals surface area contributed by atoms with Crippen LogP contribution in [0.1, 0.15) is 42.6 Å². The highest BCUT2D eigenvalue weighted by molar-refractivity contribution is 6.31. The second kappa shape index (κ2) is 8.52. The molecule has 1 aliphatic carbocycles. The van der Waals surface area contributed by atoms with Crippen LogP contribution in [0.3, 0.4) is 0 Å². The molecule has 0 N–H and O–H groups in total. The van der Waals surface area contributed by atoms with Crippen LogP contribution in [0.2, 0.25) is 5.02 Å². The molecule has 0 radical (unpaired) electrons. The summed E-state index contributed by atoms with van der Waals surface area (Å²) in [7, 11) is 0. The van der Waals surface area contributed by atoms with Gasteiger partial charge in [0.05, 0.1) is 19.4 Å². The number of carbonyl (C=O) groups is 2. The summed E-state index contributed by atoms with van der Waals surface area (Å²) >= 11 is 6.10. The van der Waals surface area contributed by atoms with Gasteiger partial charge in [0.15, 0.2) is 11.6 Å². The van der Waals surface area contributed by atoms with Crippen LogP contribution in [0, 0.1) is 5.92 Å². The van der Waals surface area contributed by atoms with Gasteiger partial charge in [-0.05, 0) is 60.9 Å². The average Bonchev–Trinajstić information content (AvgIpc) is 3.47. The van der Waals surface area contributed by atoms with E-state index in [-0.39, 0.29) is 35.1 Å². The van der Waals surface area contributed by atoms with Crippen LogP contribution >= 0.6 is 11.6 Å². The van der Waals surface area contributed by atoms with Gasteiger partial charge >= 0.3 is 5.69 Å². The number of carbonyl (C=O) groups excluding carboxylic acids is 2. The maximum absolute atomic E-state index is 13.2. The fourth-order valence-electron chi connectivity index (χ4n) is 2.78. The number of nitrogens with zero attached hydrogens (tertiary/aromatic N) is 4. The third-order valence-corrected chi connectivity index (χ3v) is 4.69. The van der Waals surface area contributed by atoms with Gasteiger partial charge in [-0.2, -0.15) is 9.36 Å². The Morgan fingerprint density at radius 3 is 2.57 bits per heavy atom. The highest BCUT2D eigenvalue weighted by atomic mass is 35.5. The Kier molecular flexibility index (Phi) is 6.08. The normalized spacial score (nSPS) is 14.2. The Hall–Kier alpha value is -2.74. The number of ketones is 2. The predicted octanol–water partition coefficient (Wildman–Crippen LogP) is 2.24. The summed E-state index contributed by atoms with van der Waals surface area (Å²) in [4.78, 5) is 38.0. The molecule has 0 aliphatic heterocycles. The number of allylic oxidation sites excluding steroid dienone is 1. The molecule has 28 heavy (non-hydrogen) atoms. The van der Waals surface area contributed by atoms with Gasteiger partial charge in [0.25, 0.3) is 0 Å². The Labute approximate surface area is 166 Å². The number of rotatable bonds is 9. The molecule has 0 atom stereocenters. The molecule has 0 unspecified atom stereocenters. The number of Topliss-reactive ketones (excluding diaryl/α,β-unsaturated/α-hetero) is 2. The van der Waals surface area contributed by atoms with Crippen molar-refractivity contribution in [3.05, 3.63) is 56.7 Å². The van der Waals surface area contributed by atoms with E-state index in [2.05, 4.69) is 10.4 Å². The lowest BCUT2D eigenvalue weighted by Crippen LogP contribution is -2.26. The number of tetrazole rings is 1. The molecule has 9 heteroatoms. The Morgan fingerprint density at radius 1 is 1.25 bits per heavy atom. The molecule has 0 bridgehead atoms. The summed E-state index contributed by atoms with van der Waals surface area (Å²) in [6.45, 7) is 4.30. The minimum absolute atomic E-state index is 0.0116. The molecule has 3 rings (SSSR count). The minimum atomic E-state index is -0.451. The Balaban J connectivity index is 1.98. The first kappa shape index (κ1) is 20.0. The largest absolute Gasteiger partial charge is 0.501 e. The highest BCUT2D eigenvalue weighted by Gasteiger charge is 2.35. The van der Waals surface area contributed by atoms with Crippen LogP contribution in [0.15, 0.2) is 34.8 Å². The molecule has 8 nitrogen and oxygen atoms in total. The monoisotopic (exact) mass is 404 g/mol. The van der Waals surface area contributed by atoms with Crippen LogP contribution in [0.25, 0.3) is 0 Å². The number of halogens is 1. The maximum atomic E-state index is 13.2. The van der Waals surface area contributed by atoms with Gasteiger partial charge in [0.1, 0.15) is 5.57 Å². The number of benzene rings is 1. The van der Waals surface area contributed by atoms with Crippen molar-refractivity contribution < 1.29 is 14.3 Å². The summed E-state index contributed by atoms with van der Waals surface area (Å²) in [6.07, 6.45) is 2.79. The third-order valence-electron chi connectivity index (χ3n) is 4.46. The molecule has 1 fully saturated rings. The third kappa shape index (κ3) is 4.22. The minimum Gasteiger partial charge on any atom is -0.501 e. The number of hydrogen-bond donors (Lipinski definition) is 0. The zero-order chi connectivity index (χ0) is 20.3. The Bertz CT molecular complexity index is 988. The van der Waals surface area contributed by atoms with E-state index >= 15 is 0 Å². The molecule has 2 aromatic rings. The molecule has 1 aromatic heterocycles. The van der Waals surface area contributed by atoms with E-state index in [9.17, 15) is 14.4 Å². The van der Waals surface area contributed by atoms with Crippen molar-refractivity contribution in [3.63, 3.8) is 0 Å². The summed E-state index contributed by atoms with van der Waals surface area (Å²) in [5.41, 5.74) is 0.383. The van der Waals surface area contributed by atoms with Gasteiger partial charge in [-0.1, -0.05) is 11.6 Å². The fourth-order valence-corrected chi connectivity index (χ4v) is 2.98. The van der Waals surface area contributed by atoms with Gasteiger partial charge in [0.2, 0.25) is 0 Å². The van der Waals surface area contributed by atoms with Gasteiger partial charge < -0.3 is 4.74 Å². The van der Waals surface area contributed by atoms with Crippen molar-refractivity contribution in [2.45, 2.75) is 39.8 Å². The van der Waals surface area contributed by atoms with Gasteiger partial charge in [-0.15, -0.1) is 0 Å². The summed E-state index contributed by atoms with van der Waals surface area (Å²) < 4.78 is 7.61. The summed E-state index contributed by atoms with van der Waals surface area (Å²) in [5, 5.41) is 8.02. The van der Waals surface area contributed by atoms with Crippen LogP contribution in [0.4, 0.5) is 0 Å². The zero-order valence-electron chi connectivity index (χ0n) is 15.7. The molecular weight excluding hydrogens is 384 g/mol. The second-order valence-corrected chi connectivity index (χ2v) is 6.93. The first-order chi connectivity index (χ1) is 13.5. The van der Waals surface area contributed by atoms with Crippen molar-refractivity contribution in [2.75, 3.05) is 6.61 Å². The quantitative estimate of drug-likeness (QED) is 0.209. The van der Waals surface area contributed by atoms with E-state index in [0.717, 1.165) is 17.5 Å². The topological polar surface area (TPSA) is 96.1 Å². The van der Waals surface area contributed by atoms with E-state index in [1.165, 1.54) is 10.9 Å². The zero-order valence-corrected chi connectivity index (χ0v) is 16.5. The average molecular weight is 405 g/mol. The molecular formula is C19H21ClN4O4. The molecule has 1 aromatic carbocycles. The van der Waals surface area contributed by atoms with Crippen LogP contribution < -0.4 is 5.69 Å². The number of aromatic nitrogens is 4. The number of aryl methyl sites for hydroxylation is 1. The van der Waals surface area contributed by atoms with E-state index in [1.807, 2.05) is 0 Å². The van der Waals surface area contributed by atoms with E-state index in [0.29, 0.717) is 23.7 Å². The van der Waals surface area contributed by atoms with E-state index in [4.69, 9.17) is 16.3 Å². The SMILES string of the molecule is CCO/C=C(\C(=O)c1ccc(Cl)cc1Cn1nnn(CC)c1=O)C(=O)C1CC1. The first-order valence-electron chi connectivity index (χ1n) is 9.16. The molecule has 1 aliphatic rings. The highest BCUT2D eigenvalue weighted by Crippen LogP contribution is 2.33. The van der Waals surface area contributed by atoms with E-state index < -0.39 is 5.78 Å². The second-order valence-electron chi connectivity index (χ2n) is 6.49. The molecule has 0 saturated heterocycles. The standard InChI is InChI=1S/C19H21ClN4O4/c1-3-23-19(27)24(22-21-23)10-13-9-14(20)7-8-15(13)18(26)16(11-28-4-2)17(25)12-5-6-12/h7-9,11-12H,3-6,10H2,1-2H3/b16-11-. The molecule has 1 heterocycles. The van der Waals surface area contributed by atoms with Crippen molar-refractivity contribution in [2.24, 2.45) is 5.92 Å². The summed E-state index contributed by atoms with van der Waals surface area (Å²) in [6, 6.07) is 4.71. The van der Waals surface area contributed by atoms with Gasteiger partial charge in [0, 0.05) is 23.0 Å². The lowest BCUT2D eigenvalue weighted by Gasteiger charge is -2.11. The molecule has 1 saturated carbocycles. The maximum Gasteiger partial charge on any atom is 0.363 e. The molecule has 0 amide bonds. The summed E-state index contributed by atoms with van der Waals surface area (Å²) in [5.74, 6) is -0.792. The smallest absolute Gasteiger partial charge is 0.363 e. The fraction of sp³-hybridized carbons (Fsp3) is 0.421. The predicted molar refractivity (Wildman–Crippen MR) is 102 cm³/mol. The van der Waals surface area contributed by atoms with Crippen molar-refractivity contribution >= 4 is 23.2 Å². The van der Waals surface area contributed by atoms with Crippen LogP contribution in [-0.4, -0.2) is 38.0 Å². The van der Waals surface area contributed by atoms with Gasteiger partial charge in [-0.3, -0.25) is 9.59 Å². The molecule has 148 valence electrons. The Morgan fingerprint density at radius 2 is 1.96 bits per heavy atom. The van der Waals surface area contributed by atoms with Crippen molar-refractivity contribution in [1.82, 2.24) is 19.8 Å². The van der Waals surface area contributed by atoms with Crippen LogP contribution in [-0.2, 0) is 22.6 Å². The van der Waals surface area contributed by atoms with Crippen LogP contribution in [0.5, 0.6) is 0 Å². The lowest BCUT2D eigenvalue weighted by atomic mass is 9.95. The first-order valence-corrected chi connectivity index (χ1v) is 9.53. The van der Waals surface area contributed by atoms with Crippen molar-refractivity contribution in [3.8, 4) is 0 Å². The van der Waals surface area contributed by atoms with Gasteiger partial charge in [-0.25, -0.2) is 4.79 Å². The van der Waals surface area contributed by atoms with E-state index in [1.54, 1.807) is 32.0 Å². The lowest BCUT2D eigenvalue weighted by molar-refractivity contribution is -0.116. The van der Waals surface area contributed by atoms with Crippen molar-refractivity contribution in [1.29, 1.82) is 0 Å². The number of ether oxygens (including phenoxy) is 1. The molecule has 0 spiro atoms.